The Morgan fingerprint density at radius 3 is 2.62 bits per heavy atom. The minimum Gasteiger partial charge on any atom is -0.295 e. The zero-order valence-electron chi connectivity index (χ0n) is 7.63. The summed E-state index contributed by atoms with van der Waals surface area (Å²) in [6.07, 6.45) is 3.82. The first-order chi connectivity index (χ1) is 6.09. The summed E-state index contributed by atoms with van der Waals surface area (Å²) in [5, 5.41) is 2.35. The lowest BCUT2D eigenvalue weighted by atomic mass is 9.82. The van der Waals surface area contributed by atoms with Crippen LogP contribution < -0.4 is 5.32 Å². The third kappa shape index (κ3) is 1.11. The number of hydrogen-bond donors (Lipinski definition) is 1. The molecule has 2 atom stereocenters. The van der Waals surface area contributed by atoms with Gasteiger partial charge >= 0.3 is 0 Å². The number of nitrogens with one attached hydrogen (secondary N) is 1. The molecule has 2 rings (SSSR count). The first kappa shape index (κ1) is 8.23. The fraction of sp³-hybridized carbons (Fsp3) is 0.400. The van der Waals surface area contributed by atoms with Crippen molar-refractivity contribution in [1.29, 1.82) is 0 Å². The van der Waals surface area contributed by atoms with Crippen LogP contribution in [0.15, 0.2) is 23.3 Å². The molecular weight excluding hydrogens is 166 g/mol. The lowest BCUT2D eigenvalue weighted by Gasteiger charge is -2.18. The van der Waals surface area contributed by atoms with E-state index in [0.29, 0.717) is 0 Å². The molecule has 1 heterocycles. The van der Waals surface area contributed by atoms with Gasteiger partial charge in [0.05, 0.1) is 11.8 Å². The first-order valence-corrected chi connectivity index (χ1v) is 4.31. The zero-order valence-corrected chi connectivity index (χ0v) is 7.63. The molecule has 2 unspecified atom stereocenters. The molecule has 1 aliphatic carbocycles. The quantitative estimate of drug-likeness (QED) is 0.556. The van der Waals surface area contributed by atoms with Crippen LogP contribution in [0, 0.1) is 11.8 Å². The second kappa shape index (κ2) is 2.55. The summed E-state index contributed by atoms with van der Waals surface area (Å²) >= 11 is 0. The van der Waals surface area contributed by atoms with E-state index in [1.54, 1.807) is 0 Å². The molecule has 2 aliphatic rings. The Kier molecular flexibility index (Phi) is 1.62. The van der Waals surface area contributed by atoms with Gasteiger partial charge in [0.2, 0.25) is 11.8 Å². The van der Waals surface area contributed by atoms with Crippen molar-refractivity contribution in [3.8, 4) is 0 Å². The molecule has 0 aromatic heterocycles. The summed E-state index contributed by atoms with van der Waals surface area (Å²) in [5.74, 6) is -0.844. The molecular formula is C10H11NO2. The zero-order chi connectivity index (χ0) is 9.59. The van der Waals surface area contributed by atoms with E-state index in [1.807, 2.05) is 26.0 Å². The molecule has 0 bridgehead atoms. The molecule has 13 heavy (non-hydrogen) atoms. The van der Waals surface area contributed by atoms with Gasteiger partial charge in [-0.15, -0.1) is 0 Å². The smallest absolute Gasteiger partial charge is 0.234 e. The fourth-order valence-electron chi connectivity index (χ4n) is 2.04. The number of allylic oxidation sites excluding steroid dienone is 2. The van der Waals surface area contributed by atoms with Crippen LogP contribution >= 0.6 is 0 Å². The van der Waals surface area contributed by atoms with E-state index in [0.717, 1.165) is 11.1 Å². The Morgan fingerprint density at radius 1 is 1.23 bits per heavy atom. The van der Waals surface area contributed by atoms with Gasteiger partial charge < -0.3 is 0 Å². The largest absolute Gasteiger partial charge is 0.295 e. The van der Waals surface area contributed by atoms with Gasteiger partial charge in [-0.3, -0.25) is 14.9 Å². The van der Waals surface area contributed by atoms with Crippen LogP contribution in [0.1, 0.15) is 13.8 Å². The average molecular weight is 177 g/mol. The van der Waals surface area contributed by atoms with Crippen molar-refractivity contribution in [1.82, 2.24) is 5.32 Å². The van der Waals surface area contributed by atoms with Gasteiger partial charge in [-0.25, -0.2) is 0 Å². The van der Waals surface area contributed by atoms with E-state index < -0.39 is 0 Å². The van der Waals surface area contributed by atoms with Crippen molar-refractivity contribution >= 4 is 11.8 Å². The predicted molar refractivity (Wildman–Crippen MR) is 47.6 cm³/mol. The molecule has 0 saturated carbocycles. The SMILES string of the molecule is CC1=CC2C(=O)NC(=O)C2C(C)=C1. The van der Waals surface area contributed by atoms with E-state index in [4.69, 9.17) is 0 Å². The van der Waals surface area contributed by atoms with Gasteiger partial charge in [-0.1, -0.05) is 23.3 Å². The molecule has 1 fully saturated rings. The van der Waals surface area contributed by atoms with Crippen LogP contribution in [0.2, 0.25) is 0 Å². The van der Waals surface area contributed by atoms with Crippen LogP contribution in [0.5, 0.6) is 0 Å². The maximum absolute atomic E-state index is 11.3. The molecule has 1 N–H and O–H groups in total. The van der Waals surface area contributed by atoms with Crippen molar-refractivity contribution in [3.05, 3.63) is 23.3 Å². The summed E-state index contributed by atoms with van der Waals surface area (Å²) in [5.41, 5.74) is 2.04. The molecule has 2 amide bonds. The normalized spacial score (nSPS) is 32.2. The maximum atomic E-state index is 11.3. The van der Waals surface area contributed by atoms with E-state index in [1.165, 1.54) is 0 Å². The highest BCUT2D eigenvalue weighted by Gasteiger charge is 2.42. The van der Waals surface area contributed by atoms with E-state index in [9.17, 15) is 9.59 Å². The second-order valence-corrected chi connectivity index (χ2v) is 3.66. The molecule has 3 nitrogen and oxygen atoms in total. The van der Waals surface area contributed by atoms with Gasteiger partial charge in [0.25, 0.3) is 0 Å². The number of carbonyl (C=O) groups is 2. The van der Waals surface area contributed by atoms with Gasteiger partial charge in [-0.2, -0.15) is 0 Å². The van der Waals surface area contributed by atoms with Crippen molar-refractivity contribution < 1.29 is 9.59 Å². The minimum absolute atomic E-state index is 0.160. The van der Waals surface area contributed by atoms with E-state index >= 15 is 0 Å². The van der Waals surface area contributed by atoms with Crippen LogP contribution in [-0.4, -0.2) is 11.8 Å². The lowest BCUT2D eigenvalue weighted by molar-refractivity contribution is -0.125. The van der Waals surface area contributed by atoms with Gasteiger partial charge in [-0.05, 0) is 13.8 Å². The van der Waals surface area contributed by atoms with E-state index in [-0.39, 0.29) is 23.7 Å². The van der Waals surface area contributed by atoms with Crippen LogP contribution in [0.25, 0.3) is 0 Å². The minimum atomic E-state index is -0.266. The Balaban J connectivity index is 2.44. The van der Waals surface area contributed by atoms with Gasteiger partial charge in [0.1, 0.15) is 0 Å². The lowest BCUT2D eigenvalue weighted by Crippen LogP contribution is -2.22. The maximum Gasteiger partial charge on any atom is 0.234 e. The molecule has 3 heteroatoms. The van der Waals surface area contributed by atoms with E-state index in [2.05, 4.69) is 5.32 Å². The Labute approximate surface area is 76.5 Å². The van der Waals surface area contributed by atoms with Crippen LogP contribution in [0.4, 0.5) is 0 Å². The van der Waals surface area contributed by atoms with Crippen LogP contribution in [0.3, 0.4) is 0 Å². The number of rotatable bonds is 0. The van der Waals surface area contributed by atoms with Crippen molar-refractivity contribution in [2.24, 2.45) is 11.8 Å². The Hall–Kier alpha value is -1.38. The molecule has 1 aliphatic heterocycles. The highest BCUT2D eigenvalue weighted by atomic mass is 16.2. The first-order valence-electron chi connectivity index (χ1n) is 4.31. The second-order valence-electron chi connectivity index (χ2n) is 3.66. The number of amides is 2. The topological polar surface area (TPSA) is 46.2 Å². The Bertz CT molecular complexity index is 352. The monoisotopic (exact) mass is 177 g/mol. The number of imide groups is 1. The summed E-state index contributed by atoms with van der Waals surface area (Å²) < 4.78 is 0. The van der Waals surface area contributed by atoms with Gasteiger partial charge in [0.15, 0.2) is 0 Å². The number of fused-ring (bicyclic) bond motifs is 1. The summed E-state index contributed by atoms with van der Waals surface area (Å²) in [6, 6.07) is 0. The van der Waals surface area contributed by atoms with Crippen molar-refractivity contribution in [3.63, 3.8) is 0 Å². The summed E-state index contributed by atoms with van der Waals surface area (Å²) in [4.78, 5) is 22.6. The molecule has 1 saturated heterocycles. The predicted octanol–water partition coefficient (Wildman–Crippen LogP) is 0.781. The summed E-state index contributed by atoms with van der Waals surface area (Å²) in [7, 11) is 0. The highest BCUT2D eigenvalue weighted by molar-refractivity contribution is 6.07. The fourth-order valence-corrected chi connectivity index (χ4v) is 2.04. The Morgan fingerprint density at radius 2 is 1.92 bits per heavy atom. The molecule has 0 radical (unpaired) electrons. The molecule has 0 aromatic carbocycles. The average Bonchev–Trinajstić information content (AvgIpc) is 2.27. The highest BCUT2D eigenvalue weighted by Crippen LogP contribution is 2.32. The number of carbonyl (C=O) groups excluding carboxylic acids is 2. The summed E-state index contributed by atoms with van der Waals surface area (Å²) in [6.45, 7) is 3.84. The third-order valence-electron chi connectivity index (χ3n) is 2.58. The van der Waals surface area contributed by atoms with Gasteiger partial charge in [0, 0.05) is 0 Å². The molecule has 0 spiro atoms. The van der Waals surface area contributed by atoms with Crippen LogP contribution in [-0.2, 0) is 9.59 Å². The molecule has 0 aromatic rings. The molecule has 68 valence electrons. The third-order valence-corrected chi connectivity index (χ3v) is 2.58. The standard InChI is InChI=1S/C10H11NO2/c1-5-3-6(2)8-7(4-5)9(12)11-10(8)13/h3-4,7-8H,1-2H3,(H,11,12,13). The number of hydrogen-bond acceptors (Lipinski definition) is 2. The van der Waals surface area contributed by atoms with Crippen molar-refractivity contribution in [2.45, 2.75) is 13.8 Å². The van der Waals surface area contributed by atoms with Crippen molar-refractivity contribution in [2.75, 3.05) is 0 Å².